The number of aryl methyl sites for hydroxylation is 1. The summed E-state index contributed by atoms with van der Waals surface area (Å²) in [6.45, 7) is 7.08. The van der Waals surface area contributed by atoms with E-state index in [1.165, 1.54) is 0 Å². The van der Waals surface area contributed by atoms with Gasteiger partial charge >= 0.3 is 17.7 Å². The lowest BCUT2D eigenvalue weighted by Gasteiger charge is -2.29. The van der Waals surface area contributed by atoms with Gasteiger partial charge in [0.25, 0.3) is 0 Å². The van der Waals surface area contributed by atoms with Gasteiger partial charge in [-0.1, -0.05) is 13.3 Å². The Morgan fingerprint density at radius 1 is 1.30 bits per heavy atom. The summed E-state index contributed by atoms with van der Waals surface area (Å²) in [7, 11) is 0. The number of aromatic nitrogens is 4. The number of fused-ring (bicyclic) bond motifs is 1. The smallest absolute Gasteiger partial charge is 0.327 e. The van der Waals surface area contributed by atoms with Crippen molar-refractivity contribution in [3.63, 3.8) is 0 Å². The van der Waals surface area contributed by atoms with Gasteiger partial charge in [-0.2, -0.15) is 9.97 Å². The molecule has 1 fully saturated rings. The van der Waals surface area contributed by atoms with Crippen LogP contribution in [-0.2, 0) is 11.3 Å². The summed E-state index contributed by atoms with van der Waals surface area (Å²) in [5.74, 6) is -0.972. The van der Waals surface area contributed by atoms with E-state index in [-0.39, 0.29) is 11.6 Å². The Balaban J connectivity index is 1.71. The van der Waals surface area contributed by atoms with Crippen LogP contribution in [0.2, 0.25) is 0 Å². The van der Waals surface area contributed by atoms with E-state index in [1.807, 2.05) is 6.92 Å². The molecule has 9 nitrogen and oxygen atoms in total. The Labute approximate surface area is 157 Å². The summed E-state index contributed by atoms with van der Waals surface area (Å²) < 4.78 is 7.22. The van der Waals surface area contributed by atoms with Crippen LogP contribution in [0, 0.1) is 12.8 Å². The highest BCUT2D eigenvalue weighted by atomic mass is 16.5. The predicted molar refractivity (Wildman–Crippen MR) is 100 cm³/mol. The molecule has 0 aromatic carbocycles. The van der Waals surface area contributed by atoms with Crippen LogP contribution in [0.15, 0.2) is 4.79 Å². The van der Waals surface area contributed by atoms with Crippen molar-refractivity contribution in [2.75, 3.05) is 26.2 Å². The first kappa shape index (κ1) is 19.3. The number of hydrogen-bond acceptors (Lipinski definition) is 6. The van der Waals surface area contributed by atoms with Crippen molar-refractivity contribution in [2.24, 2.45) is 5.92 Å². The Morgan fingerprint density at radius 3 is 2.70 bits per heavy atom. The molecule has 27 heavy (non-hydrogen) atoms. The van der Waals surface area contributed by atoms with Gasteiger partial charge < -0.3 is 19.7 Å². The molecule has 0 aliphatic carbocycles. The van der Waals surface area contributed by atoms with E-state index >= 15 is 0 Å². The SMILES string of the molecule is CCCCOc1nc(C)c2[nH]c(=O)n(CCN3CCC(C(=O)O)CC3)c2n1. The Morgan fingerprint density at radius 2 is 2.04 bits per heavy atom. The standard InChI is InChI=1S/C18H27N5O4/c1-3-4-11-27-17-19-12(2)14-15(21-17)23(18(26)20-14)10-9-22-7-5-13(6-8-22)16(24)25/h13H,3-11H2,1-2H3,(H,20,26)(H,24,25). The first-order valence-corrected chi connectivity index (χ1v) is 9.54. The van der Waals surface area contributed by atoms with Gasteiger partial charge in [-0.25, -0.2) is 4.79 Å². The van der Waals surface area contributed by atoms with E-state index in [9.17, 15) is 9.59 Å². The van der Waals surface area contributed by atoms with Crippen molar-refractivity contribution in [2.45, 2.75) is 46.1 Å². The zero-order valence-corrected chi connectivity index (χ0v) is 15.9. The lowest BCUT2D eigenvalue weighted by atomic mass is 9.97. The number of imidazole rings is 1. The maximum absolute atomic E-state index is 12.4. The largest absolute Gasteiger partial charge is 0.481 e. The number of aromatic amines is 1. The number of rotatable bonds is 8. The molecule has 148 valence electrons. The van der Waals surface area contributed by atoms with Crippen molar-refractivity contribution in [1.82, 2.24) is 24.4 Å². The summed E-state index contributed by atoms with van der Waals surface area (Å²) in [6, 6.07) is 0.295. The quantitative estimate of drug-likeness (QED) is 0.669. The molecule has 2 N–H and O–H groups in total. The van der Waals surface area contributed by atoms with E-state index in [4.69, 9.17) is 9.84 Å². The van der Waals surface area contributed by atoms with Gasteiger partial charge in [0.05, 0.1) is 18.2 Å². The minimum atomic E-state index is -0.717. The average molecular weight is 377 g/mol. The number of aliphatic carboxylic acids is 1. The maximum atomic E-state index is 12.4. The van der Waals surface area contributed by atoms with Gasteiger partial charge in [-0.05, 0) is 39.3 Å². The maximum Gasteiger partial charge on any atom is 0.327 e. The van der Waals surface area contributed by atoms with Crippen LogP contribution in [0.1, 0.15) is 38.3 Å². The number of nitrogens with one attached hydrogen (secondary N) is 1. The van der Waals surface area contributed by atoms with Gasteiger partial charge in [0.1, 0.15) is 5.52 Å². The van der Waals surface area contributed by atoms with E-state index in [0.29, 0.717) is 55.4 Å². The van der Waals surface area contributed by atoms with Crippen LogP contribution in [-0.4, -0.2) is 61.7 Å². The summed E-state index contributed by atoms with van der Waals surface area (Å²) in [4.78, 5) is 37.2. The second-order valence-corrected chi connectivity index (χ2v) is 7.03. The van der Waals surface area contributed by atoms with Crippen molar-refractivity contribution in [3.05, 3.63) is 16.2 Å². The Hall–Kier alpha value is -2.42. The number of carbonyl (C=O) groups is 1. The van der Waals surface area contributed by atoms with E-state index in [0.717, 1.165) is 25.9 Å². The molecule has 0 atom stereocenters. The molecule has 1 saturated heterocycles. The molecular weight excluding hydrogens is 350 g/mol. The molecule has 2 aromatic rings. The molecule has 0 saturated carbocycles. The van der Waals surface area contributed by atoms with Gasteiger partial charge in [-0.3, -0.25) is 9.36 Å². The molecule has 2 aromatic heterocycles. The van der Waals surface area contributed by atoms with Crippen molar-refractivity contribution in [1.29, 1.82) is 0 Å². The zero-order chi connectivity index (χ0) is 19.4. The second-order valence-electron chi connectivity index (χ2n) is 7.03. The van der Waals surface area contributed by atoms with Crippen LogP contribution < -0.4 is 10.4 Å². The molecule has 0 bridgehead atoms. The number of hydrogen-bond donors (Lipinski definition) is 2. The number of carboxylic acid groups (broad SMARTS) is 1. The summed E-state index contributed by atoms with van der Waals surface area (Å²) >= 11 is 0. The highest BCUT2D eigenvalue weighted by molar-refractivity contribution is 5.73. The van der Waals surface area contributed by atoms with Gasteiger partial charge in [0.15, 0.2) is 5.65 Å². The van der Waals surface area contributed by atoms with Gasteiger partial charge in [0.2, 0.25) is 0 Å². The fourth-order valence-electron chi connectivity index (χ4n) is 3.37. The normalized spacial score (nSPS) is 16.1. The number of piperidine rings is 1. The van der Waals surface area contributed by atoms with E-state index in [2.05, 4.69) is 26.8 Å². The molecule has 0 spiro atoms. The van der Waals surface area contributed by atoms with Crippen LogP contribution in [0.4, 0.5) is 0 Å². The van der Waals surface area contributed by atoms with Crippen LogP contribution in [0.3, 0.4) is 0 Å². The molecule has 1 aliphatic heterocycles. The highest BCUT2D eigenvalue weighted by Gasteiger charge is 2.24. The minimum Gasteiger partial charge on any atom is -0.481 e. The van der Waals surface area contributed by atoms with E-state index < -0.39 is 5.97 Å². The molecule has 3 rings (SSSR count). The third-order valence-electron chi connectivity index (χ3n) is 5.09. The number of likely N-dealkylation sites (tertiary alicyclic amines) is 1. The van der Waals surface area contributed by atoms with Gasteiger partial charge in [0, 0.05) is 13.1 Å². The van der Waals surface area contributed by atoms with Gasteiger partial charge in [-0.15, -0.1) is 0 Å². The number of unbranched alkanes of at least 4 members (excludes halogenated alkanes) is 1. The second kappa shape index (κ2) is 8.51. The molecule has 3 heterocycles. The topological polar surface area (TPSA) is 113 Å². The first-order chi connectivity index (χ1) is 13.0. The van der Waals surface area contributed by atoms with Crippen molar-refractivity contribution < 1.29 is 14.6 Å². The third-order valence-corrected chi connectivity index (χ3v) is 5.09. The van der Waals surface area contributed by atoms with Crippen molar-refractivity contribution in [3.8, 4) is 6.01 Å². The monoisotopic (exact) mass is 377 g/mol. The molecule has 1 aliphatic rings. The fraction of sp³-hybridized carbons (Fsp3) is 0.667. The molecule has 9 heteroatoms. The minimum absolute atomic E-state index is 0.214. The van der Waals surface area contributed by atoms with Crippen molar-refractivity contribution >= 4 is 17.1 Å². The summed E-state index contributed by atoms with van der Waals surface area (Å²) in [6.07, 6.45) is 3.24. The predicted octanol–water partition coefficient (Wildman–Crippen LogP) is 1.40. The molecule has 0 unspecified atom stereocenters. The Bertz CT molecular complexity index is 851. The van der Waals surface area contributed by atoms with E-state index in [1.54, 1.807) is 4.57 Å². The molecule has 0 amide bonds. The number of H-pyrrole nitrogens is 1. The lowest BCUT2D eigenvalue weighted by molar-refractivity contribution is -0.143. The third kappa shape index (κ3) is 4.47. The zero-order valence-electron chi connectivity index (χ0n) is 15.9. The number of nitrogens with zero attached hydrogens (tertiary/aromatic N) is 4. The van der Waals surface area contributed by atoms with Crippen LogP contribution >= 0.6 is 0 Å². The lowest BCUT2D eigenvalue weighted by Crippen LogP contribution is -2.38. The number of carboxylic acids is 1. The average Bonchev–Trinajstić information content (AvgIpc) is 2.96. The highest BCUT2D eigenvalue weighted by Crippen LogP contribution is 2.18. The first-order valence-electron chi connectivity index (χ1n) is 9.54. The van der Waals surface area contributed by atoms with Crippen LogP contribution in [0.25, 0.3) is 11.2 Å². The van der Waals surface area contributed by atoms with Crippen LogP contribution in [0.5, 0.6) is 6.01 Å². The number of ether oxygens (including phenoxy) is 1. The molecule has 0 radical (unpaired) electrons. The molecular formula is C18H27N5O4. The summed E-state index contributed by atoms with van der Waals surface area (Å²) in [5, 5.41) is 9.09. The Kier molecular flexibility index (Phi) is 6.10. The fourth-order valence-corrected chi connectivity index (χ4v) is 3.37. The summed E-state index contributed by atoms with van der Waals surface area (Å²) in [5.41, 5.74) is 1.66.